The Hall–Kier alpha value is -0.930. The second-order valence-electron chi connectivity index (χ2n) is 5.65. The van der Waals surface area contributed by atoms with Gasteiger partial charge in [0.05, 0.1) is 0 Å². The molecule has 2 N–H and O–H groups in total. The van der Waals surface area contributed by atoms with Gasteiger partial charge in [-0.15, -0.1) is 0 Å². The van der Waals surface area contributed by atoms with Crippen molar-refractivity contribution in [3.8, 4) is 0 Å². The van der Waals surface area contributed by atoms with Crippen LogP contribution in [0.5, 0.6) is 0 Å². The molecule has 0 aliphatic carbocycles. The molecule has 3 heteroatoms. The van der Waals surface area contributed by atoms with E-state index < -0.39 is 0 Å². The van der Waals surface area contributed by atoms with Crippen LogP contribution in [-0.2, 0) is 0 Å². The second kappa shape index (κ2) is 6.49. The van der Waals surface area contributed by atoms with Crippen LogP contribution >= 0.6 is 0 Å². The number of aryl methyl sites for hydroxylation is 1. The first-order valence-corrected chi connectivity index (χ1v) is 7.35. The van der Waals surface area contributed by atoms with E-state index >= 15 is 0 Å². The molecule has 0 amide bonds. The molecule has 19 heavy (non-hydrogen) atoms. The van der Waals surface area contributed by atoms with Crippen molar-refractivity contribution in [3.05, 3.63) is 35.1 Å². The fourth-order valence-corrected chi connectivity index (χ4v) is 3.10. The van der Waals surface area contributed by atoms with Crippen LogP contribution in [0.4, 0.5) is 4.39 Å². The van der Waals surface area contributed by atoms with E-state index in [1.165, 1.54) is 19.3 Å². The summed E-state index contributed by atoms with van der Waals surface area (Å²) in [5, 5.41) is 0. The molecule has 1 aromatic carbocycles. The zero-order chi connectivity index (χ0) is 13.8. The Labute approximate surface area is 115 Å². The maximum atomic E-state index is 13.7. The summed E-state index contributed by atoms with van der Waals surface area (Å²) >= 11 is 0. The summed E-state index contributed by atoms with van der Waals surface area (Å²) in [5.74, 6) is -0.100. The number of halogens is 1. The summed E-state index contributed by atoms with van der Waals surface area (Å²) in [5.41, 5.74) is 7.51. The normalized spacial score (nSPS) is 22.4. The molecule has 1 aliphatic rings. The number of hydrogen-bond acceptors (Lipinski definition) is 2. The highest BCUT2D eigenvalue weighted by Crippen LogP contribution is 2.30. The molecule has 1 fully saturated rings. The Balaban J connectivity index is 2.15. The lowest BCUT2D eigenvalue weighted by Crippen LogP contribution is -2.42. The van der Waals surface area contributed by atoms with Gasteiger partial charge in [0.1, 0.15) is 5.82 Å². The summed E-state index contributed by atoms with van der Waals surface area (Å²) in [6.45, 7) is 5.82. The highest BCUT2D eigenvalue weighted by molar-refractivity contribution is 5.25. The summed E-state index contributed by atoms with van der Waals surface area (Å²) in [6.07, 6.45) is 4.78. The van der Waals surface area contributed by atoms with Crippen LogP contribution < -0.4 is 5.73 Å². The van der Waals surface area contributed by atoms with Crippen LogP contribution in [0.15, 0.2) is 18.2 Å². The fraction of sp³-hybridized carbons (Fsp3) is 0.625. The zero-order valence-electron chi connectivity index (χ0n) is 12.0. The van der Waals surface area contributed by atoms with Crippen molar-refractivity contribution in [1.82, 2.24) is 4.90 Å². The number of benzene rings is 1. The molecule has 2 unspecified atom stereocenters. The maximum absolute atomic E-state index is 13.7. The second-order valence-corrected chi connectivity index (χ2v) is 5.65. The average molecular weight is 264 g/mol. The summed E-state index contributed by atoms with van der Waals surface area (Å²) in [7, 11) is 0. The minimum atomic E-state index is -0.100. The molecule has 1 aromatic rings. The predicted octanol–water partition coefficient (Wildman–Crippen LogP) is 3.40. The van der Waals surface area contributed by atoms with Crippen molar-refractivity contribution in [1.29, 1.82) is 0 Å². The zero-order valence-corrected chi connectivity index (χ0v) is 12.0. The summed E-state index contributed by atoms with van der Waals surface area (Å²) in [4.78, 5) is 2.50. The van der Waals surface area contributed by atoms with Gasteiger partial charge < -0.3 is 5.73 Å². The number of hydrogen-bond donors (Lipinski definition) is 1. The van der Waals surface area contributed by atoms with E-state index in [1.54, 1.807) is 6.07 Å². The lowest BCUT2D eigenvalue weighted by Gasteiger charge is -2.40. The van der Waals surface area contributed by atoms with E-state index in [2.05, 4.69) is 17.9 Å². The molecule has 2 rings (SSSR count). The van der Waals surface area contributed by atoms with Crippen LogP contribution in [0.1, 0.15) is 49.8 Å². The molecule has 0 bridgehead atoms. The van der Waals surface area contributed by atoms with Crippen molar-refractivity contribution >= 4 is 0 Å². The van der Waals surface area contributed by atoms with Crippen LogP contribution in [0.25, 0.3) is 0 Å². The molecule has 1 aliphatic heterocycles. The summed E-state index contributed by atoms with van der Waals surface area (Å²) in [6, 6.07) is 6.44. The average Bonchev–Trinajstić information content (AvgIpc) is 2.42. The SMILES string of the molecule is Cc1ccc(C(C)N2CCCCC2CCN)cc1F. The molecule has 106 valence electrons. The third-order valence-corrected chi connectivity index (χ3v) is 4.35. The molecule has 0 aromatic heterocycles. The molecule has 1 heterocycles. The van der Waals surface area contributed by atoms with Gasteiger partial charge in [-0.3, -0.25) is 4.90 Å². The van der Waals surface area contributed by atoms with Crippen molar-refractivity contribution in [2.75, 3.05) is 13.1 Å². The Kier molecular flexibility index (Phi) is 4.94. The van der Waals surface area contributed by atoms with Gasteiger partial charge in [0.25, 0.3) is 0 Å². The van der Waals surface area contributed by atoms with Crippen LogP contribution in [0.2, 0.25) is 0 Å². The molecule has 2 atom stereocenters. The largest absolute Gasteiger partial charge is 0.330 e. The molecular formula is C16H25FN2. The smallest absolute Gasteiger partial charge is 0.126 e. The Morgan fingerprint density at radius 3 is 2.89 bits per heavy atom. The predicted molar refractivity (Wildman–Crippen MR) is 77.6 cm³/mol. The van der Waals surface area contributed by atoms with Gasteiger partial charge in [-0.2, -0.15) is 0 Å². The Bertz CT molecular complexity index is 417. The number of piperidine rings is 1. The third kappa shape index (κ3) is 3.34. The van der Waals surface area contributed by atoms with Gasteiger partial charge in [0, 0.05) is 12.1 Å². The first-order chi connectivity index (χ1) is 9.13. The van der Waals surface area contributed by atoms with E-state index in [0.29, 0.717) is 11.6 Å². The molecule has 0 radical (unpaired) electrons. The lowest BCUT2D eigenvalue weighted by atomic mass is 9.95. The molecule has 2 nitrogen and oxygen atoms in total. The van der Waals surface area contributed by atoms with Crippen molar-refractivity contribution in [2.24, 2.45) is 5.73 Å². The van der Waals surface area contributed by atoms with E-state index in [9.17, 15) is 4.39 Å². The van der Waals surface area contributed by atoms with E-state index in [0.717, 1.165) is 25.1 Å². The van der Waals surface area contributed by atoms with Crippen molar-refractivity contribution in [3.63, 3.8) is 0 Å². The fourth-order valence-electron chi connectivity index (χ4n) is 3.10. The van der Waals surface area contributed by atoms with Gasteiger partial charge in [-0.05, 0) is 63.4 Å². The van der Waals surface area contributed by atoms with Gasteiger partial charge in [0.15, 0.2) is 0 Å². The first kappa shape index (κ1) is 14.5. The minimum absolute atomic E-state index is 0.100. The molecule has 1 saturated heterocycles. The van der Waals surface area contributed by atoms with Crippen molar-refractivity contribution in [2.45, 2.75) is 51.6 Å². The van der Waals surface area contributed by atoms with Gasteiger partial charge in [-0.1, -0.05) is 18.6 Å². The quantitative estimate of drug-likeness (QED) is 0.903. The highest BCUT2D eigenvalue weighted by atomic mass is 19.1. The number of likely N-dealkylation sites (tertiary alicyclic amines) is 1. The van der Waals surface area contributed by atoms with E-state index in [1.807, 2.05) is 13.0 Å². The van der Waals surface area contributed by atoms with Crippen LogP contribution in [0.3, 0.4) is 0 Å². The Morgan fingerprint density at radius 1 is 1.42 bits per heavy atom. The van der Waals surface area contributed by atoms with E-state index in [-0.39, 0.29) is 11.9 Å². The van der Waals surface area contributed by atoms with Crippen molar-refractivity contribution < 1.29 is 4.39 Å². The standard InChI is InChI=1S/C16H25FN2/c1-12-6-7-14(11-16(12)17)13(2)19-10-4-3-5-15(19)8-9-18/h6-7,11,13,15H,3-5,8-10,18H2,1-2H3. The lowest BCUT2D eigenvalue weighted by molar-refractivity contribution is 0.0982. The number of nitrogens with two attached hydrogens (primary N) is 1. The molecule has 0 saturated carbocycles. The number of nitrogens with zero attached hydrogens (tertiary/aromatic N) is 1. The minimum Gasteiger partial charge on any atom is -0.330 e. The first-order valence-electron chi connectivity index (χ1n) is 7.35. The van der Waals surface area contributed by atoms with E-state index in [4.69, 9.17) is 5.73 Å². The van der Waals surface area contributed by atoms with Crippen LogP contribution in [-0.4, -0.2) is 24.0 Å². The topological polar surface area (TPSA) is 29.3 Å². The van der Waals surface area contributed by atoms with Gasteiger partial charge in [0.2, 0.25) is 0 Å². The van der Waals surface area contributed by atoms with Gasteiger partial charge >= 0.3 is 0 Å². The third-order valence-electron chi connectivity index (χ3n) is 4.35. The van der Waals surface area contributed by atoms with Crippen LogP contribution in [0, 0.1) is 12.7 Å². The molecule has 0 spiro atoms. The summed E-state index contributed by atoms with van der Waals surface area (Å²) < 4.78 is 13.7. The molecular weight excluding hydrogens is 239 g/mol. The maximum Gasteiger partial charge on any atom is 0.126 e. The Morgan fingerprint density at radius 2 is 2.21 bits per heavy atom. The number of rotatable bonds is 4. The monoisotopic (exact) mass is 264 g/mol. The highest BCUT2D eigenvalue weighted by Gasteiger charge is 2.26. The van der Waals surface area contributed by atoms with Gasteiger partial charge in [-0.25, -0.2) is 4.39 Å².